The van der Waals surface area contributed by atoms with Gasteiger partial charge in [-0.05, 0) is 5.56 Å². The van der Waals surface area contributed by atoms with Crippen molar-refractivity contribution in [1.82, 2.24) is 0 Å². The molecule has 0 unspecified atom stereocenters. The largest absolute Gasteiger partial charge is 0.463 e. The molecule has 46 heavy (non-hydrogen) atoms. The Bertz CT molecular complexity index is 1230. The number of hydrogen-bond acceptors (Lipinski definition) is 16. The molecule has 0 aliphatic carbocycles. The summed E-state index contributed by atoms with van der Waals surface area (Å²) in [6.07, 6.45) is -12.8. The van der Waals surface area contributed by atoms with Crippen LogP contribution < -0.4 is 0 Å². The fourth-order valence-corrected chi connectivity index (χ4v) is 4.88. The Morgan fingerprint density at radius 2 is 1.17 bits per heavy atom. The molecule has 9 atom stereocenters. The third kappa shape index (κ3) is 10.8. The monoisotopic (exact) mass is 654 g/mol. The first kappa shape index (κ1) is 36.3. The predicted molar refractivity (Wildman–Crippen MR) is 149 cm³/mol. The number of rotatable bonds is 12. The maximum atomic E-state index is 12.3. The highest BCUT2D eigenvalue weighted by atomic mass is 16.8. The van der Waals surface area contributed by atoms with Crippen molar-refractivity contribution in [3.05, 3.63) is 35.9 Å². The second-order valence-electron chi connectivity index (χ2n) is 10.4. The van der Waals surface area contributed by atoms with Gasteiger partial charge in [-0.3, -0.25) is 28.8 Å². The van der Waals surface area contributed by atoms with Gasteiger partial charge >= 0.3 is 35.8 Å². The van der Waals surface area contributed by atoms with E-state index >= 15 is 0 Å². The summed E-state index contributed by atoms with van der Waals surface area (Å²) in [5, 5.41) is 0. The fourth-order valence-electron chi connectivity index (χ4n) is 4.88. The van der Waals surface area contributed by atoms with E-state index in [0.29, 0.717) is 0 Å². The minimum Gasteiger partial charge on any atom is -0.463 e. The highest BCUT2D eigenvalue weighted by Gasteiger charge is 2.56. The summed E-state index contributed by atoms with van der Waals surface area (Å²) in [6.45, 7) is 5.90. The Hall–Kier alpha value is -4.12. The van der Waals surface area contributed by atoms with Gasteiger partial charge in [-0.25, -0.2) is 0 Å². The van der Waals surface area contributed by atoms with Crippen LogP contribution in [0.2, 0.25) is 0 Å². The summed E-state index contributed by atoms with van der Waals surface area (Å²) in [6, 6.07) is 9.00. The number of carbonyl (C=O) groups excluding carboxylic acids is 6. The molecular formula is C30H38O16. The molecule has 16 nitrogen and oxygen atoms in total. The van der Waals surface area contributed by atoms with Crippen molar-refractivity contribution >= 4 is 35.8 Å². The summed E-state index contributed by atoms with van der Waals surface area (Å²) in [5.41, 5.74) is 0.753. The van der Waals surface area contributed by atoms with Crippen LogP contribution in [0.25, 0.3) is 0 Å². The van der Waals surface area contributed by atoms with Crippen molar-refractivity contribution in [3.63, 3.8) is 0 Å². The lowest BCUT2D eigenvalue weighted by molar-refractivity contribution is -0.359. The molecule has 0 aromatic heterocycles. The molecule has 0 bridgehead atoms. The molecule has 2 aliphatic rings. The summed E-state index contributed by atoms with van der Waals surface area (Å²) >= 11 is 0. The van der Waals surface area contributed by atoms with E-state index in [1.165, 1.54) is 0 Å². The second kappa shape index (κ2) is 17.0. The zero-order valence-corrected chi connectivity index (χ0v) is 26.2. The highest BCUT2D eigenvalue weighted by Crippen LogP contribution is 2.34. The summed E-state index contributed by atoms with van der Waals surface area (Å²) in [5.74, 6) is -4.69. The Labute approximate surface area is 264 Å². The van der Waals surface area contributed by atoms with Gasteiger partial charge in [0.05, 0.1) is 13.2 Å². The van der Waals surface area contributed by atoms with Crippen molar-refractivity contribution in [2.45, 2.75) is 103 Å². The molecule has 0 spiro atoms. The fraction of sp³-hybridized carbons (Fsp3) is 0.600. The normalized spacial score (nSPS) is 29.0. The predicted octanol–water partition coefficient (Wildman–Crippen LogP) is 0.891. The van der Waals surface area contributed by atoms with Gasteiger partial charge in [-0.1, -0.05) is 30.3 Å². The molecular weight excluding hydrogens is 616 g/mol. The average Bonchev–Trinajstić information content (AvgIpc) is 2.95. The van der Waals surface area contributed by atoms with E-state index in [0.717, 1.165) is 47.1 Å². The molecule has 2 saturated heterocycles. The lowest BCUT2D eigenvalue weighted by atomic mass is 9.97. The minimum atomic E-state index is -1.67. The van der Waals surface area contributed by atoms with E-state index in [4.69, 9.17) is 47.4 Å². The number of esters is 6. The van der Waals surface area contributed by atoms with Crippen LogP contribution in [-0.2, 0) is 82.7 Å². The van der Waals surface area contributed by atoms with E-state index in [-0.39, 0.29) is 13.2 Å². The first-order chi connectivity index (χ1) is 21.7. The summed E-state index contributed by atoms with van der Waals surface area (Å²) < 4.78 is 56.5. The van der Waals surface area contributed by atoms with E-state index < -0.39 is 97.7 Å². The van der Waals surface area contributed by atoms with E-state index in [2.05, 4.69) is 0 Å². The number of hydrogen-bond donors (Lipinski definition) is 0. The van der Waals surface area contributed by atoms with Gasteiger partial charge in [0.1, 0.15) is 12.7 Å². The van der Waals surface area contributed by atoms with Crippen molar-refractivity contribution < 1.29 is 76.1 Å². The average molecular weight is 655 g/mol. The van der Waals surface area contributed by atoms with E-state index in [9.17, 15) is 28.8 Å². The van der Waals surface area contributed by atoms with Gasteiger partial charge in [0.25, 0.3) is 0 Å². The molecule has 254 valence electrons. The Morgan fingerprint density at radius 1 is 0.630 bits per heavy atom. The SMILES string of the molecule is CC(=O)OC[C@H]1O[C@H](O[C@H]2[C@H](OCc3ccccc3)OC[C@@H](OC(C)=O)[C@@H]2OC(C)=O)[C@H](OC(C)=O)[C@@H](OC(C)=O)[C@H]1OC(C)=O. The third-order valence-corrected chi connectivity index (χ3v) is 6.50. The molecule has 3 rings (SSSR count). The quantitative estimate of drug-likeness (QED) is 0.227. The van der Waals surface area contributed by atoms with E-state index in [1.807, 2.05) is 6.07 Å². The molecule has 0 N–H and O–H groups in total. The standard InChI is InChI=1S/C30H38O16/c1-15(31)37-13-23-24(41-17(3)33)26(43-19(5)35)28(44-20(6)36)30(45-23)46-27-25(42-18(4)34)22(40-16(2)32)14-39-29(27)38-12-21-10-8-7-9-11-21/h7-11,22-30H,12-14H2,1-6H3/t22-,23-,24+,25+,26+,27-,28-,29-,30-/m1/s1. The van der Waals surface area contributed by atoms with Crippen LogP contribution >= 0.6 is 0 Å². The first-order valence-electron chi connectivity index (χ1n) is 14.3. The van der Waals surface area contributed by atoms with Crippen LogP contribution in [0.3, 0.4) is 0 Å². The lowest BCUT2D eigenvalue weighted by Gasteiger charge is -2.47. The molecule has 0 radical (unpaired) electrons. The van der Waals surface area contributed by atoms with Crippen LogP contribution in [-0.4, -0.2) is 104 Å². The van der Waals surface area contributed by atoms with Crippen LogP contribution in [0, 0.1) is 0 Å². The van der Waals surface area contributed by atoms with Gasteiger partial charge in [0.15, 0.2) is 49.2 Å². The smallest absolute Gasteiger partial charge is 0.303 e. The molecule has 1 aromatic carbocycles. The van der Waals surface area contributed by atoms with Gasteiger partial charge in [0.2, 0.25) is 0 Å². The maximum Gasteiger partial charge on any atom is 0.303 e. The van der Waals surface area contributed by atoms with Gasteiger partial charge in [0, 0.05) is 41.5 Å². The molecule has 2 heterocycles. The zero-order chi connectivity index (χ0) is 34.0. The van der Waals surface area contributed by atoms with Crippen molar-refractivity contribution in [2.75, 3.05) is 13.2 Å². The van der Waals surface area contributed by atoms with Crippen LogP contribution in [0.5, 0.6) is 0 Å². The van der Waals surface area contributed by atoms with Crippen LogP contribution in [0.4, 0.5) is 0 Å². The Balaban J connectivity index is 2.07. The van der Waals surface area contributed by atoms with Gasteiger partial charge in [-0.15, -0.1) is 0 Å². The Morgan fingerprint density at radius 3 is 1.74 bits per heavy atom. The second-order valence-corrected chi connectivity index (χ2v) is 10.4. The lowest BCUT2D eigenvalue weighted by Crippen LogP contribution is -2.65. The summed E-state index contributed by atoms with van der Waals surface area (Å²) in [4.78, 5) is 72.4. The highest BCUT2D eigenvalue weighted by molar-refractivity contribution is 5.69. The first-order valence-corrected chi connectivity index (χ1v) is 14.3. The maximum absolute atomic E-state index is 12.3. The van der Waals surface area contributed by atoms with E-state index in [1.54, 1.807) is 24.3 Å². The Kier molecular flexibility index (Phi) is 13.4. The number of benzene rings is 1. The molecule has 0 amide bonds. The minimum absolute atomic E-state index is 0.00889. The van der Waals surface area contributed by atoms with Crippen molar-refractivity contribution in [2.24, 2.45) is 0 Å². The topological polar surface area (TPSA) is 195 Å². The zero-order valence-electron chi connectivity index (χ0n) is 26.2. The molecule has 16 heteroatoms. The van der Waals surface area contributed by atoms with Crippen LogP contribution in [0.1, 0.15) is 47.1 Å². The number of ether oxygens (including phenoxy) is 10. The molecule has 2 fully saturated rings. The van der Waals surface area contributed by atoms with Crippen molar-refractivity contribution in [3.8, 4) is 0 Å². The molecule has 2 aliphatic heterocycles. The third-order valence-electron chi connectivity index (χ3n) is 6.50. The van der Waals surface area contributed by atoms with Gasteiger partial charge in [-0.2, -0.15) is 0 Å². The van der Waals surface area contributed by atoms with Crippen LogP contribution in [0.15, 0.2) is 30.3 Å². The summed E-state index contributed by atoms with van der Waals surface area (Å²) in [7, 11) is 0. The van der Waals surface area contributed by atoms with Crippen molar-refractivity contribution in [1.29, 1.82) is 0 Å². The number of carbonyl (C=O) groups is 6. The van der Waals surface area contributed by atoms with Gasteiger partial charge < -0.3 is 47.4 Å². The molecule has 0 saturated carbocycles. The molecule has 1 aromatic rings.